The fraction of sp³-hybridized carbons (Fsp3) is 0. The van der Waals surface area contributed by atoms with Crippen molar-refractivity contribution < 1.29 is 9.84 Å². The van der Waals surface area contributed by atoms with Crippen LogP contribution in [-0.4, -0.2) is 5.11 Å². The van der Waals surface area contributed by atoms with Gasteiger partial charge in [0, 0.05) is 0 Å². The number of hydrogen-bond donors (Lipinski definition) is 1. The molecule has 0 aliphatic rings. The van der Waals surface area contributed by atoms with Crippen LogP contribution in [0.2, 0.25) is 0 Å². The van der Waals surface area contributed by atoms with E-state index in [4.69, 9.17) is 10.00 Å². The van der Waals surface area contributed by atoms with Crippen LogP contribution in [0.5, 0.6) is 17.2 Å². The predicted molar refractivity (Wildman–Crippen MR) is 76.8 cm³/mol. The van der Waals surface area contributed by atoms with Gasteiger partial charge < -0.3 is 9.84 Å². The van der Waals surface area contributed by atoms with Crippen molar-refractivity contribution in [3.63, 3.8) is 0 Å². The molecule has 3 rings (SSSR count). The number of fused-ring (bicyclic) bond motifs is 1. The molecule has 0 aromatic heterocycles. The molecule has 0 heterocycles. The molecule has 3 nitrogen and oxygen atoms in total. The Morgan fingerprint density at radius 1 is 0.800 bits per heavy atom. The average molecular weight is 261 g/mol. The van der Waals surface area contributed by atoms with Gasteiger partial charge in [0.25, 0.3) is 0 Å². The van der Waals surface area contributed by atoms with Gasteiger partial charge in [-0.15, -0.1) is 0 Å². The molecular formula is C17H11NO2. The van der Waals surface area contributed by atoms with E-state index in [0.29, 0.717) is 17.1 Å². The van der Waals surface area contributed by atoms with Crippen LogP contribution < -0.4 is 4.74 Å². The second-order valence-electron chi connectivity index (χ2n) is 4.43. The minimum absolute atomic E-state index is 0.230. The predicted octanol–water partition coefficient (Wildman–Crippen LogP) is 4.21. The largest absolute Gasteiger partial charge is 0.508 e. The number of rotatable bonds is 2. The van der Waals surface area contributed by atoms with Crippen LogP contribution in [-0.2, 0) is 0 Å². The summed E-state index contributed by atoms with van der Waals surface area (Å²) < 4.78 is 5.73. The van der Waals surface area contributed by atoms with Crippen molar-refractivity contribution >= 4 is 10.8 Å². The molecule has 0 fully saturated rings. The van der Waals surface area contributed by atoms with E-state index >= 15 is 0 Å². The first-order valence-electron chi connectivity index (χ1n) is 6.15. The molecule has 0 amide bonds. The Morgan fingerprint density at radius 3 is 2.25 bits per heavy atom. The molecule has 0 radical (unpaired) electrons. The summed E-state index contributed by atoms with van der Waals surface area (Å²) in [6, 6.07) is 19.9. The summed E-state index contributed by atoms with van der Waals surface area (Å²) in [4.78, 5) is 0. The van der Waals surface area contributed by atoms with Crippen molar-refractivity contribution in [3.8, 4) is 23.3 Å². The molecule has 0 saturated heterocycles. The highest BCUT2D eigenvalue weighted by Crippen LogP contribution is 2.27. The lowest BCUT2D eigenvalue weighted by Crippen LogP contribution is -1.84. The van der Waals surface area contributed by atoms with Gasteiger partial charge in [-0.3, -0.25) is 0 Å². The van der Waals surface area contributed by atoms with Crippen LogP contribution in [0.4, 0.5) is 0 Å². The van der Waals surface area contributed by atoms with E-state index in [2.05, 4.69) is 6.07 Å². The van der Waals surface area contributed by atoms with Gasteiger partial charge in [-0.25, -0.2) is 0 Å². The van der Waals surface area contributed by atoms with Gasteiger partial charge >= 0.3 is 0 Å². The average Bonchev–Trinajstić information content (AvgIpc) is 2.47. The highest BCUT2D eigenvalue weighted by Gasteiger charge is 2.01. The zero-order valence-corrected chi connectivity index (χ0v) is 10.6. The lowest BCUT2D eigenvalue weighted by Gasteiger charge is -2.07. The van der Waals surface area contributed by atoms with Gasteiger partial charge in [0.15, 0.2) is 0 Å². The molecule has 0 bridgehead atoms. The van der Waals surface area contributed by atoms with E-state index in [1.54, 1.807) is 36.4 Å². The Kier molecular flexibility index (Phi) is 2.98. The van der Waals surface area contributed by atoms with Crippen molar-refractivity contribution in [2.75, 3.05) is 0 Å². The maximum absolute atomic E-state index is 9.50. The Balaban J connectivity index is 1.92. The second kappa shape index (κ2) is 4.94. The molecule has 0 aliphatic heterocycles. The minimum atomic E-state index is 0.230. The fourth-order valence-corrected chi connectivity index (χ4v) is 2.01. The number of phenolic OH excluding ortho intramolecular Hbond substituents is 1. The van der Waals surface area contributed by atoms with Crippen molar-refractivity contribution in [1.82, 2.24) is 0 Å². The number of hydrogen-bond acceptors (Lipinski definition) is 3. The summed E-state index contributed by atoms with van der Waals surface area (Å²) in [6.45, 7) is 0. The van der Waals surface area contributed by atoms with E-state index in [1.165, 1.54) is 0 Å². The van der Waals surface area contributed by atoms with E-state index < -0.39 is 0 Å². The van der Waals surface area contributed by atoms with Gasteiger partial charge in [-0.1, -0.05) is 12.1 Å². The summed E-state index contributed by atoms with van der Waals surface area (Å²) in [5.41, 5.74) is 0.598. The summed E-state index contributed by atoms with van der Waals surface area (Å²) >= 11 is 0. The highest BCUT2D eigenvalue weighted by atomic mass is 16.5. The topological polar surface area (TPSA) is 53.2 Å². The number of nitrogens with zero attached hydrogens (tertiary/aromatic N) is 1. The second-order valence-corrected chi connectivity index (χ2v) is 4.43. The third-order valence-corrected chi connectivity index (χ3v) is 3.01. The lowest BCUT2D eigenvalue weighted by molar-refractivity contribution is 0.476. The van der Waals surface area contributed by atoms with Crippen molar-refractivity contribution in [3.05, 3.63) is 66.2 Å². The Hall–Kier alpha value is -2.99. The van der Waals surface area contributed by atoms with Gasteiger partial charge in [0.2, 0.25) is 0 Å². The smallest absolute Gasteiger partial charge is 0.128 e. The number of aromatic hydroxyl groups is 1. The molecule has 0 spiro atoms. The summed E-state index contributed by atoms with van der Waals surface area (Å²) in [5, 5.41) is 20.2. The lowest BCUT2D eigenvalue weighted by atomic mass is 10.1. The summed E-state index contributed by atoms with van der Waals surface area (Å²) in [7, 11) is 0. The maximum Gasteiger partial charge on any atom is 0.128 e. The zero-order chi connectivity index (χ0) is 13.9. The summed E-state index contributed by atoms with van der Waals surface area (Å²) in [6.07, 6.45) is 0. The maximum atomic E-state index is 9.50. The van der Waals surface area contributed by atoms with Crippen molar-refractivity contribution in [2.45, 2.75) is 0 Å². The van der Waals surface area contributed by atoms with Gasteiger partial charge in [-0.05, 0) is 59.3 Å². The molecule has 0 unspecified atom stereocenters. The number of nitriles is 1. The van der Waals surface area contributed by atoms with Crippen LogP contribution in [0.25, 0.3) is 10.8 Å². The monoisotopic (exact) mass is 261 g/mol. The first kappa shape index (κ1) is 12.1. The van der Waals surface area contributed by atoms with Gasteiger partial charge in [-0.2, -0.15) is 5.26 Å². The Bertz CT molecular complexity index is 801. The Labute approximate surface area is 116 Å². The highest BCUT2D eigenvalue weighted by molar-refractivity contribution is 5.85. The van der Waals surface area contributed by atoms with E-state index in [9.17, 15) is 5.11 Å². The van der Waals surface area contributed by atoms with Crippen LogP contribution in [0, 0.1) is 11.3 Å². The third kappa shape index (κ3) is 2.40. The molecule has 0 saturated carbocycles. The third-order valence-electron chi connectivity index (χ3n) is 3.01. The number of ether oxygens (including phenoxy) is 1. The fourth-order valence-electron chi connectivity index (χ4n) is 2.01. The molecular weight excluding hydrogens is 250 g/mol. The number of benzene rings is 3. The normalized spacial score (nSPS) is 10.2. The molecule has 3 aromatic rings. The van der Waals surface area contributed by atoms with Crippen LogP contribution in [0.3, 0.4) is 0 Å². The molecule has 0 atom stereocenters. The quantitative estimate of drug-likeness (QED) is 0.751. The summed E-state index contributed by atoms with van der Waals surface area (Å²) in [5.74, 6) is 1.59. The van der Waals surface area contributed by atoms with Crippen molar-refractivity contribution in [2.24, 2.45) is 0 Å². The molecule has 3 aromatic carbocycles. The SMILES string of the molecule is N#Cc1ccc(Oc2ccc3ccc(O)cc3c2)cc1. The molecule has 96 valence electrons. The van der Waals surface area contributed by atoms with Gasteiger partial charge in [0.05, 0.1) is 11.6 Å². The molecule has 1 N–H and O–H groups in total. The van der Waals surface area contributed by atoms with Gasteiger partial charge in [0.1, 0.15) is 17.2 Å². The van der Waals surface area contributed by atoms with Crippen LogP contribution >= 0.6 is 0 Å². The molecule has 3 heteroatoms. The first-order valence-corrected chi connectivity index (χ1v) is 6.15. The van der Waals surface area contributed by atoms with Crippen LogP contribution in [0.1, 0.15) is 5.56 Å². The molecule has 0 aliphatic carbocycles. The standard InChI is InChI=1S/C17H11NO2/c18-11-12-1-6-16(7-2-12)20-17-8-4-13-3-5-15(19)9-14(13)10-17/h1-10,19H. The van der Waals surface area contributed by atoms with E-state index in [1.807, 2.05) is 24.3 Å². The number of phenols is 1. The van der Waals surface area contributed by atoms with E-state index in [0.717, 1.165) is 10.8 Å². The van der Waals surface area contributed by atoms with Crippen LogP contribution in [0.15, 0.2) is 60.7 Å². The van der Waals surface area contributed by atoms with Crippen molar-refractivity contribution in [1.29, 1.82) is 5.26 Å². The first-order chi connectivity index (χ1) is 9.74. The van der Waals surface area contributed by atoms with E-state index in [-0.39, 0.29) is 5.75 Å². The minimum Gasteiger partial charge on any atom is -0.508 e. The molecule has 20 heavy (non-hydrogen) atoms. The zero-order valence-electron chi connectivity index (χ0n) is 10.6. The Morgan fingerprint density at radius 2 is 1.50 bits per heavy atom.